The molecule has 4 aromatic heterocycles. The Bertz CT molecular complexity index is 1500. The minimum atomic E-state index is -0.127. The fourth-order valence-corrected chi connectivity index (χ4v) is 7.88. The summed E-state index contributed by atoms with van der Waals surface area (Å²) in [6.45, 7) is 4.36. The van der Waals surface area contributed by atoms with Gasteiger partial charge >= 0.3 is 5.69 Å². The number of anilines is 2. The first-order valence-corrected chi connectivity index (χ1v) is 12.4. The molecule has 0 spiro atoms. The van der Waals surface area contributed by atoms with Gasteiger partial charge in [-0.3, -0.25) is 9.13 Å². The number of aryl methyl sites for hydroxylation is 2. The summed E-state index contributed by atoms with van der Waals surface area (Å²) in [5.41, 5.74) is 4.51. The second-order valence-electron chi connectivity index (χ2n) is 11.2. The van der Waals surface area contributed by atoms with Gasteiger partial charge in [0, 0.05) is 7.05 Å². The quantitative estimate of drug-likeness (QED) is 0.498. The molecule has 176 valence electrons. The largest absolute Gasteiger partial charge is 0.330 e. The Kier molecular flexibility index (Phi) is 3.96. The van der Waals surface area contributed by atoms with Crippen molar-refractivity contribution in [1.82, 2.24) is 33.7 Å². The van der Waals surface area contributed by atoms with Crippen molar-refractivity contribution in [3.05, 3.63) is 40.8 Å². The zero-order chi connectivity index (χ0) is 23.2. The molecule has 34 heavy (non-hydrogen) atoms. The standard InChI is InChI=1S/C25H30N8O/c1-4-24-7-16-6-17(8-24)10-25(9-16,13-24)33-21-19(31(3)23(33)34)11-26-22(30-21)29-18-12-32-20(5-15(18)2)27-14-28-32/h5,11-12,14,16-17H,4,6-10,13H2,1-3H3,(H,26,29,30). The van der Waals surface area contributed by atoms with Gasteiger partial charge in [-0.25, -0.2) is 19.3 Å². The lowest BCUT2D eigenvalue weighted by Gasteiger charge is -2.62. The maximum absolute atomic E-state index is 13.7. The van der Waals surface area contributed by atoms with Crippen LogP contribution in [0, 0.1) is 24.2 Å². The maximum Gasteiger partial charge on any atom is 0.330 e. The van der Waals surface area contributed by atoms with Crippen LogP contribution >= 0.6 is 0 Å². The van der Waals surface area contributed by atoms with Gasteiger partial charge in [-0.15, -0.1) is 0 Å². The molecule has 2 atom stereocenters. The first-order valence-electron chi connectivity index (χ1n) is 12.4. The number of hydrogen-bond acceptors (Lipinski definition) is 6. The lowest BCUT2D eigenvalue weighted by molar-refractivity contribution is -0.103. The van der Waals surface area contributed by atoms with Gasteiger partial charge in [-0.1, -0.05) is 13.3 Å². The molecule has 0 aromatic carbocycles. The number of hydrogen-bond donors (Lipinski definition) is 1. The molecule has 4 bridgehead atoms. The highest BCUT2D eigenvalue weighted by molar-refractivity contribution is 5.73. The second-order valence-corrected chi connectivity index (χ2v) is 11.2. The van der Waals surface area contributed by atoms with E-state index in [2.05, 4.69) is 31.9 Å². The molecule has 4 aromatic rings. The molecule has 9 nitrogen and oxygen atoms in total. The highest BCUT2D eigenvalue weighted by Crippen LogP contribution is 2.65. The Labute approximate surface area is 197 Å². The van der Waals surface area contributed by atoms with Crippen molar-refractivity contribution in [3.63, 3.8) is 0 Å². The number of aromatic nitrogens is 7. The zero-order valence-corrected chi connectivity index (χ0v) is 20.0. The molecule has 8 rings (SSSR count). The number of pyridine rings is 1. The van der Waals surface area contributed by atoms with Crippen LogP contribution in [0.5, 0.6) is 0 Å². The van der Waals surface area contributed by atoms with Crippen molar-refractivity contribution in [3.8, 4) is 0 Å². The molecular weight excluding hydrogens is 428 g/mol. The van der Waals surface area contributed by atoms with Crippen LogP contribution in [0.2, 0.25) is 0 Å². The topological polar surface area (TPSA) is 94.9 Å². The minimum absolute atomic E-state index is 0.0369. The summed E-state index contributed by atoms with van der Waals surface area (Å²) in [6, 6.07) is 1.98. The van der Waals surface area contributed by atoms with Crippen LogP contribution < -0.4 is 11.0 Å². The van der Waals surface area contributed by atoms with E-state index in [-0.39, 0.29) is 11.2 Å². The number of rotatable bonds is 4. The van der Waals surface area contributed by atoms with Crippen LogP contribution in [0.4, 0.5) is 11.6 Å². The van der Waals surface area contributed by atoms with Crippen LogP contribution in [0.3, 0.4) is 0 Å². The van der Waals surface area contributed by atoms with E-state index < -0.39 is 0 Å². The molecule has 4 aliphatic rings. The van der Waals surface area contributed by atoms with Crippen LogP contribution in [-0.4, -0.2) is 33.7 Å². The predicted molar refractivity (Wildman–Crippen MR) is 129 cm³/mol. The predicted octanol–water partition coefficient (Wildman–Crippen LogP) is 3.93. The lowest BCUT2D eigenvalue weighted by Crippen LogP contribution is -2.58. The van der Waals surface area contributed by atoms with Crippen LogP contribution in [0.1, 0.15) is 57.4 Å². The Morgan fingerprint density at radius 1 is 1.18 bits per heavy atom. The zero-order valence-electron chi connectivity index (χ0n) is 20.0. The van der Waals surface area contributed by atoms with Crippen LogP contribution in [-0.2, 0) is 12.6 Å². The summed E-state index contributed by atoms with van der Waals surface area (Å²) in [5.74, 6) is 1.93. The summed E-state index contributed by atoms with van der Waals surface area (Å²) >= 11 is 0. The molecular formula is C25H30N8O. The summed E-state index contributed by atoms with van der Waals surface area (Å²) in [6.07, 6.45) is 13.7. The van der Waals surface area contributed by atoms with Gasteiger partial charge in [0.15, 0.2) is 11.3 Å². The fraction of sp³-hybridized carbons (Fsp3) is 0.560. The lowest BCUT2D eigenvalue weighted by atomic mass is 9.46. The Balaban J connectivity index is 1.36. The number of nitrogens with zero attached hydrogens (tertiary/aromatic N) is 7. The van der Waals surface area contributed by atoms with E-state index in [0.717, 1.165) is 59.2 Å². The molecule has 9 heteroatoms. The van der Waals surface area contributed by atoms with Gasteiger partial charge in [0.25, 0.3) is 0 Å². The third-order valence-corrected chi connectivity index (χ3v) is 9.05. The molecule has 4 heterocycles. The van der Waals surface area contributed by atoms with Gasteiger partial charge in [-0.2, -0.15) is 10.1 Å². The molecule has 2 unspecified atom stereocenters. The van der Waals surface area contributed by atoms with E-state index in [0.29, 0.717) is 11.4 Å². The van der Waals surface area contributed by atoms with E-state index in [1.165, 1.54) is 32.0 Å². The molecule has 0 radical (unpaired) electrons. The van der Waals surface area contributed by atoms with E-state index in [1.807, 2.05) is 26.2 Å². The molecule has 0 saturated heterocycles. The smallest absolute Gasteiger partial charge is 0.323 e. The van der Waals surface area contributed by atoms with Crippen molar-refractivity contribution in [2.75, 3.05) is 5.32 Å². The molecule has 0 aliphatic heterocycles. The van der Waals surface area contributed by atoms with Crippen molar-refractivity contribution in [1.29, 1.82) is 0 Å². The fourth-order valence-electron chi connectivity index (χ4n) is 7.88. The van der Waals surface area contributed by atoms with Crippen molar-refractivity contribution in [2.45, 2.75) is 64.3 Å². The molecule has 4 aliphatic carbocycles. The summed E-state index contributed by atoms with van der Waals surface area (Å²) in [5, 5.41) is 7.60. The number of nitrogens with one attached hydrogen (secondary N) is 1. The van der Waals surface area contributed by atoms with Gasteiger partial charge < -0.3 is 5.32 Å². The maximum atomic E-state index is 13.7. The highest BCUT2D eigenvalue weighted by atomic mass is 16.2. The molecule has 0 amide bonds. The van der Waals surface area contributed by atoms with E-state index in [4.69, 9.17) is 4.98 Å². The first kappa shape index (κ1) is 20.2. The highest BCUT2D eigenvalue weighted by Gasteiger charge is 2.58. The second kappa shape index (κ2) is 6.67. The Morgan fingerprint density at radius 2 is 1.97 bits per heavy atom. The normalized spacial score (nSPS) is 30.0. The van der Waals surface area contributed by atoms with Crippen molar-refractivity contribution >= 4 is 28.4 Å². The minimum Gasteiger partial charge on any atom is -0.323 e. The SMILES string of the molecule is CCC12CC3CC(C1)CC(n1c(=O)n(C)c4cnc(Nc5cn6ncnc6cc5C)nc41)(C3)C2. The van der Waals surface area contributed by atoms with Crippen LogP contribution in [0.25, 0.3) is 16.8 Å². The van der Waals surface area contributed by atoms with Crippen LogP contribution in [0.15, 0.2) is 29.6 Å². The molecule has 1 N–H and O–H groups in total. The van der Waals surface area contributed by atoms with Crippen molar-refractivity contribution < 1.29 is 0 Å². The molecule has 4 fully saturated rings. The number of imidazole rings is 1. The average Bonchev–Trinajstić information content (AvgIpc) is 3.35. The number of fused-ring (bicyclic) bond motifs is 2. The first-order chi connectivity index (χ1) is 16.4. The Hall–Kier alpha value is -3.23. The monoisotopic (exact) mass is 458 g/mol. The Morgan fingerprint density at radius 3 is 2.74 bits per heavy atom. The summed E-state index contributed by atoms with van der Waals surface area (Å²) in [7, 11) is 1.84. The third kappa shape index (κ3) is 2.69. The van der Waals surface area contributed by atoms with E-state index in [1.54, 1.807) is 15.3 Å². The summed E-state index contributed by atoms with van der Waals surface area (Å²) < 4.78 is 5.51. The van der Waals surface area contributed by atoms with E-state index in [9.17, 15) is 4.79 Å². The average molecular weight is 459 g/mol. The van der Waals surface area contributed by atoms with Gasteiger partial charge in [0.2, 0.25) is 5.95 Å². The van der Waals surface area contributed by atoms with E-state index >= 15 is 0 Å². The third-order valence-electron chi connectivity index (χ3n) is 9.05. The van der Waals surface area contributed by atoms with Gasteiger partial charge in [0.1, 0.15) is 11.8 Å². The summed E-state index contributed by atoms with van der Waals surface area (Å²) in [4.78, 5) is 27.4. The van der Waals surface area contributed by atoms with Gasteiger partial charge in [0.05, 0.1) is 23.6 Å². The van der Waals surface area contributed by atoms with Crippen molar-refractivity contribution in [2.24, 2.45) is 24.3 Å². The van der Waals surface area contributed by atoms with Gasteiger partial charge in [-0.05, 0) is 74.3 Å². The molecule has 4 saturated carbocycles.